The molecule has 2 aromatic carbocycles. The van der Waals surface area contributed by atoms with Gasteiger partial charge in [0.05, 0.1) is 18.6 Å². The lowest BCUT2D eigenvalue weighted by molar-refractivity contribution is -0.143. The van der Waals surface area contributed by atoms with E-state index in [4.69, 9.17) is 16.3 Å². The molecule has 1 saturated carbocycles. The highest BCUT2D eigenvalue weighted by Crippen LogP contribution is 2.31. The normalized spacial score (nSPS) is 17.5. The van der Waals surface area contributed by atoms with E-state index in [9.17, 15) is 19.5 Å². The molecule has 0 aliphatic heterocycles. The van der Waals surface area contributed by atoms with Crippen molar-refractivity contribution in [1.29, 1.82) is 0 Å². The first-order chi connectivity index (χ1) is 17.6. The van der Waals surface area contributed by atoms with Gasteiger partial charge in [-0.15, -0.1) is 0 Å². The fourth-order valence-corrected chi connectivity index (χ4v) is 4.78. The van der Waals surface area contributed by atoms with E-state index in [-0.39, 0.29) is 18.6 Å². The van der Waals surface area contributed by atoms with Gasteiger partial charge in [-0.25, -0.2) is 14.2 Å². The van der Waals surface area contributed by atoms with Gasteiger partial charge in [0.1, 0.15) is 5.75 Å². The maximum Gasteiger partial charge on any atom is 0.355 e. The van der Waals surface area contributed by atoms with Crippen LogP contribution in [0.25, 0.3) is 0 Å². The number of anilines is 2. The monoisotopic (exact) mass is 526 g/mol. The molecule has 1 aromatic heterocycles. The Morgan fingerprint density at radius 1 is 1.14 bits per heavy atom. The van der Waals surface area contributed by atoms with Gasteiger partial charge in [-0.2, -0.15) is 4.98 Å². The number of carboxylic acids is 1. The van der Waals surface area contributed by atoms with E-state index >= 15 is 0 Å². The van der Waals surface area contributed by atoms with Gasteiger partial charge in [0.25, 0.3) is 0 Å². The lowest BCUT2D eigenvalue weighted by Crippen LogP contribution is -2.45. The van der Waals surface area contributed by atoms with Crippen LogP contribution in [0.1, 0.15) is 56.7 Å². The molecule has 0 radical (unpaired) electrons. The molecule has 0 spiro atoms. The Hall–Kier alpha value is -3.59. The summed E-state index contributed by atoms with van der Waals surface area (Å²) in [5.74, 6) is -0.427. The Balaban J connectivity index is 1.72. The van der Waals surface area contributed by atoms with E-state index in [2.05, 4.69) is 10.3 Å². The summed E-state index contributed by atoms with van der Waals surface area (Å²) in [7, 11) is 0. The Kier molecular flexibility index (Phi) is 8.02. The van der Waals surface area contributed by atoms with E-state index in [1.807, 2.05) is 51.1 Å². The number of carbonyl (C=O) groups is 1. The fraction of sp³-hybridized carbons (Fsp3) is 0.407. The standard InChI is InChI=1S/C27H31ClN4O5/c1-16(2)37-23-13-10-21(14-17(23)3)29-25-30-26(35)32(22-11-6-19(7-12-22)24(33)34)27(36)31(25)15-18-4-8-20(28)9-5-18/h4-5,8-10,13-14,16,19,22H,6-7,11-12,15H2,1-3H3,(H,33,34)(H,29,30,35). The zero-order valence-electron chi connectivity index (χ0n) is 21.1. The molecule has 37 heavy (non-hydrogen) atoms. The zero-order valence-corrected chi connectivity index (χ0v) is 21.9. The predicted octanol–water partition coefficient (Wildman–Crippen LogP) is 4.76. The second-order valence-electron chi connectivity index (χ2n) is 9.70. The van der Waals surface area contributed by atoms with Gasteiger partial charge in [-0.1, -0.05) is 23.7 Å². The minimum absolute atomic E-state index is 0.0295. The van der Waals surface area contributed by atoms with Crippen LogP contribution in [-0.4, -0.2) is 31.3 Å². The number of aryl methyl sites for hydroxylation is 1. The second-order valence-corrected chi connectivity index (χ2v) is 10.1. The maximum absolute atomic E-state index is 13.7. The topological polar surface area (TPSA) is 115 Å². The molecule has 0 atom stereocenters. The highest BCUT2D eigenvalue weighted by molar-refractivity contribution is 6.30. The Morgan fingerprint density at radius 2 is 1.81 bits per heavy atom. The first-order valence-corrected chi connectivity index (χ1v) is 12.7. The molecule has 4 rings (SSSR count). The van der Waals surface area contributed by atoms with E-state index in [0.717, 1.165) is 16.9 Å². The maximum atomic E-state index is 13.7. The van der Waals surface area contributed by atoms with Crippen LogP contribution in [0.4, 0.5) is 11.6 Å². The first kappa shape index (κ1) is 26.5. The molecule has 9 nitrogen and oxygen atoms in total. The van der Waals surface area contributed by atoms with E-state index < -0.39 is 29.3 Å². The Morgan fingerprint density at radius 3 is 2.41 bits per heavy atom. The first-order valence-electron chi connectivity index (χ1n) is 12.4. The van der Waals surface area contributed by atoms with Crippen LogP contribution in [0.15, 0.2) is 52.1 Å². The number of halogens is 1. The van der Waals surface area contributed by atoms with Crippen LogP contribution >= 0.6 is 11.6 Å². The lowest BCUT2D eigenvalue weighted by atomic mass is 9.86. The molecular weight excluding hydrogens is 496 g/mol. The number of hydrogen-bond acceptors (Lipinski definition) is 6. The van der Waals surface area contributed by atoms with Crippen LogP contribution in [0.5, 0.6) is 5.75 Å². The SMILES string of the molecule is Cc1cc(Nc2nc(=O)n(C3CCC(C(=O)O)CC3)c(=O)n2Cc2ccc(Cl)cc2)ccc1OC(C)C. The molecule has 0 unspecified atom stereocenters. The molecule has 196 valence electrons. The van der Waals surface area contributed by atoms with Gasteiger partial charge in [0.2, 0.25) is 5.95 Å². The molecule has 1 heterocycles. The minimum atomic E-state index is -0.844. The summed E-state index contributed by atoms with van der Waals surface area (Å²) < 4.78 is 8.41. The fourth-order valence-electron chi connectivity index (χ4n) is 4.65. The largest absolute Gasteiger partial charge is 0.491 e. The number of hydrogen-bond donors (Lipinski definition) is 2. The number of nitrogens with one attached hydrogen (secondary N) is 1. The molecule has 1 aliphatic rings. The third kappa shape index (κ3) is 6.22. The van der Waals surface area contributed by atoms with Crippen molar-refractivity contribution in [3.05, 3.63) is 79.6 Å². The molecule has 3 aromatic rings. The molecule has 0 saturated heterocycles. The van der Waals surface area contributed by atoms with Crippen molar-refractivity contribution in [1.82, 2.24) is 14.1 Å². The molecule has 0 amide bonds. The Labute approximate surface area is 219 Å². The minimum Gasteiger partial charge on any atom is -0.491 e. The van der Waals surface area contributed by atoms with Crippen LogP contribution in [0, 0.1) is 12.8 Å². The predicted molar refractivity (Wildman–Crippen MR) is 142 cm³/mol. The van der Waals surface area contributed by atoms with Gasteiger partial charge in [0, 0.05) is 16.8 Å². The number of rotatable bonds is 8. The summed E-state index contributed by atoms with van der Waals surface area (Å²) in [6.45, 7) is 5.99. The number of nitrogens with zero attached hydrogens (tertiary/aromatic N) is 3. The van der Waals surface area contributed by atoms with Crippen LogP contribution < -0.4 is 21.4 Å². The van der Waals surface area contributed by atoms with Gasteiger partial charge < -0.3 is 15.2 Å². The molecular formula is C27H31ClN4O5. The van der Waals surface area contributed by atoms with Crippen molar-refractivity contribution < 1.29 is 14.6 Å². The number of aliphatic carboxylic acids is 1. The summed E-state index contributed by atoms with van der Waals surface area (Å²) in [6, 6.07) is 12.2. The summed E-state index contributed by atoms with van der Waals surface area (Å²) >= 11 is 6.03. The van der Waals surface area contributed by atoms with Crippen molar-refractivity contribution in [2.24, 2.45) is 5.92 Å². The average Bonchev–Trinajstić information content (AvgIpc) is 2.84. The average molecular weight is 527 g/mol. The zero-order chi connectivity index (χ0) is 26.7. The van der Waals surface area contributed by atoms with Crippen molar-refractivity contribution in [3.8, 4) is 5.75 Å². The molecule has 0 bridgehead atoms. The van der Waals surface area contributed by atoms with Gasteiger partial charge in [0.15, 0.2) is 0 Å². The second kappa shape index (κ2) is 11.2. The van der Waals surface area contributed by atoms with E-state index in [1.54, 1.807) is 12.1 Å². The van der Waals surface area contributed by atoms with Crippen molar-refractivity contribution in [2.75, 3.05) is 5.32 Å². The number of aromatic nitrogens is 3. The third-order valence-electron chi connectivity index (χ3n) is 6.56. The third-order valence-corrected chi connectivity index (χ3v) is 6.81. The summed E-state index contributed by atoms with van der Waals surface area (Å²) in [5, 5.41) is 13.0. The van der Waals surface area contributed by atoms with E-state index in [1.165, 1.54) is 9.13 Å². The lowest BCUT2D eigenvalue weighted by Gasteiger charge is -2.27. The van der Waals surface area contributed by atoms with Gasteiger partial charge in [-0.05, 0) is 87.9 Å². The van der Waals surface area contributed by atoms with E-state index in [0.29, 0.717) is 36.4 Å². The quantitative estimate of drug-likeness (QED) is 0.434. The summed E-state index contributed by atoms with van der Waals surface area (Å²) in [5.41, 5.74) is 1.22. The highest BCUT2D eigenvalue weighted by atomic mass is 35.5. The smallest absolute Gasteiger partial charge is 0.355 e. The van der Waals surface area contributed by atoms with Crippen molar-refractivity contribution in [2.45, 2.75) is 65.1 Å². The molecule has 1 aliphatic carbocycles. The molecule has 2 N–H and O–H groups in total. The summed E-state index contributed by atoms with van der Waals surface area (Å²) in [6.07, 6.45) is 1.71. The number of carboxylic acid groups (broad SMARTS) is 1. The number of ether oxygens (including phenoxy) is 1. The van der Waals surface area contributed by atoms with Crippen LogP contribution in [-0.2, 0) is 11.3 Å². The number of benzene rings is 2. The van der Waals surface area contributed by atoms with Crippen LogP contribution in [0.3, 0.4) is 0 Å². The Bertz CT molecular complexity index is 1390. The highest BCUT2D eigenvalue weighted by Gasteiger charge is 2.29. The van der Waals surface area contributed by atoms with Crippen molar-refractivity contribution in [3.63, 3.8) is 0 Å². The molecule has 1 fully saturated rings. The molecule has 10 heteroatoms. The van der Waals surface area contributed by atoms with Crippen LogP contribution in [0.2, 0.25) is 5.02 Å². The van der Waals surface area contributed by atoms with Gasteiger partial charge in [-0.3, -0.25) is 9.36 Å². The van der Waals surface area contributed by atoms with Gasteiger partial charge >= 0.3 is 17.3 Å². The van der Waals surface area contributed by atoms with Crippen molar-refractivity contribution >= 4 is 29.2 Å². The summed E-state index contributed by atoms with van der Waals surface area (Å²) in [4.78, 5) is 42.4.